The SMILES string of the molecule is NC1CC(=O)c2ccsc2C1. The van der Waals surface area contributed by atoms with E-state index in [4.69, 9.17) is 5.73 Å². The number of nitrogens with two attached hydrogens (primary N) is 1. The molecular formula is C8H9NOS. The Morgan fingerprint density at radius 3 is 3.18 bits per heavy atom. The van der Waals surface area contributed by atoms with Crippen molar-refractivity contribution in [3.05, 3.63) is 21.9 Å². The molecule has 11 heavy (non-hydrogen) atoms. The van der Waals surface area contributed by atoms with Gasteiger partial charge in [-0.15, -0.1) is 11.3 Å². The lowest BCUT2D eigenvalue weighted by Gasteiger charge is -2.16. The second-order valence-electron chi connectivity index (χ2n) is 2.85. The number of rotatable bonds is 0. The highest BCUT2D eigenvalue weighted by atomic mass is 32.1. The van der Waals surface area contributed by atoms with Crippen molar-refractivity contribution in [2.45, 2.75) is 18.9 Å². The molecule has 1 aromatic heterocycles. The van der Waals surface area contributed by atoms with Crippen molar-refractivity contribution in [2.24, 2.45) is 5.73 Å². The van der Waals surface area contributed by atoms with Crippen LogP contribution in [-0.4, -0.2) is 11.8 Å². The van der Waals surface area contributed by atoms with Gasteiger partial charge in [-0.3, -0.25) is 4.79 Å². The topological polar surface area (TPSA) is 43.1 Å². The van der Waals surface area contributed by atoms with Gasteiger partial charge in [0.25, 0.3) is 0 Å². The van der Waals surface area contributed by atoms with E-state index in [1.54, 1.807) is 11.3 Å². The van der Waals surface area contributed by atoms with Crippen molar-refractivity contribution in [1.82, 2.24) is 0 Å². The number of thiophene rings is 1. The van der Waals surface area contributed by atoms with Gasteiger partial charge >= 0.3 is 0 Å². The first kappa shape index (κ1) is 7.00. The highest BCUT2D eigenvalue weighted by molar-refractivity contribution is 7.10. The summed E-state index contributed by atoms with van der Waals surface area (Å²) in [7, 11) is 0. The van der Waals surface area contributed by atoms with Crippen molar-refractivity contribution in [2.75, 3.05) is 0 Å². The standard InChI is InChI=1S/C8H9NOS/c9-5-3-7(10)6-1-2-11-8(6)4-5/h1-2,5H,3-4,9H2. The first-order chi connectivity index (χ1) is 5.27. The van der Waals surface area contributed by atoms with Crippen molar-refractivity contribution in [3.8, 4) is 0 Å². The van der Waals surface area contributed by atoms with E-state index in [1.165, 1.54) is 0 Å². The Morgan fingerprint density at radius 1 is 1.55 bits per heavy atom. The van der Waals surface area contributed by atoms with Crippen LogP contribution in [0.15, 0.2) is 11.4 Å². The van der Waals surface area contributed by atoms with Gasteiger partial charge in [0.1, 0.15) is 0 Å². The van der Waals surface area contributed by atoms with Gasteiger partial charge < -0.3 is 5.73 Å². The molecule has 1 unspecified atom stereocenters. The summed E-state index contributed by atoms with van der Waals surface area (Å²) in [5.74, 6) is 0.208. The fourth-order valence-corrected chi connectivity index (χ4v) is 2.39. The van der Waals surface area contributed by atoms with Gasteiger partial charge in [-0.1, -0.05) is 0 Å². The number of carbonyl (C=O) groups excluding carboxylic acids is 1. The molecule has 0 amide bonds. The molecular weight excluding hydrogens is 158 g/mol. The summed E-state index contributed by atoms with van der Waals surface area (Å²) < 4.78 is 0. The highest BCUT2D eigenvalue weighted by Gasteiger charge is 2.22. The molecule has 0 saturated heterocycles. The lowest BCUT2D eigenvalue weighted by atomic mass is 9.94. The van der Waals surface area contributed by atoms with Crippen LogP contribution < -0.4 is 5.73 Å². The van der Waals surface area contributed by atoms with E-state index in [0.29, 0.717) is 6.42 Å². The molecule has 1 aromatic rings. The maximum atomic E-state index is 11.3. The average molecular weight is 167 g/mol. The number of hydrogen-bond acceptors (Lipinski definition) is 3. The van der Waals surface area contributed by atoms with E-state index >= 15 is 0 Å². The molecule has 0 aliphatic heterocycles. The van der Waals surface area contributed by atoms with Gasteiger partial charge in [-0.05, 0) is 17.9 Å². The van der Waals surface area contributed by atoms with Crippen LogP contribution in [0.3, 0.4) is 0 Å². The van der Waals surface area contributed by atoms with Crippen LogP contribution >= 0.6 is 11.3 Å². The summed E-state index contributed by atoms with van der Waals surface area (Å²) in [5.41, 5.74) is 6.58. The van der Waals surface area contributed by atoms with E-state index in [9.17, 15) is 4.79 Å². The van der Waals surface area contributed by atoms with Crippen LogP contribution in [0.5, 0.6) is 0 Å². The lowest BCUT2D eigenvalue weighted by Crippen LogP contribution is -2.30. The van der Waals surface area contributed by atoms with Gasteiger partial charge in [0.15, 0.2) is 5.78 Å². The number of fused-ring (bicyclic) bond motifs is 1. The summed E-state index contributed by atoms with van der Waals surface area (Å²) in [6.07, 6.45) is 1.39. The Kier molecular flexibility index (Phi) is 1.55. The molecule has 2 rings (SSSR count). The third-order valence-electron chi connectivity index (χ3n) is 1.94. The van der Waals surface area contributed by atoms with E-state index < -0.39 is 0 Å². The minimum absolute atomic E-state index is 0.0497. The smallest absolute Gasteiger partial charge is 0.165 e. The Labute approximate surface area is 69.0 Å². The summed E-state index contributed by atoms with van der Waals surface area (Å²) in [6.45, 7) is 0. The normalized spacial score (nSPS) is 23.4. The lowest BCUT2D eigenvalue weighted by molar-refractivity contribution is 0.0966. The quantitative estimate of drug-likeness (QED) is 0.631. The van der Waals surface area contributed by atoms with E-state index in [0.717, 1.165) is 16.9 Å². The highest BCUT2D eigenvalue weighted by Crippen LogP contribution is 2.25. The third-order valence-corrected chi connectivity index (χ3v) is 2.88. The number of hydrogen-bond donors (Lipinski definition) is 1. The Hall–Kier alpha value is -0.670. The Bertz CT molecular complexity index is 292. The van der Waals surface area contributed by atoms with Crippen LogP contribution in [0.2, 0.25) is 0 Å². The molecule has 0 spiro atoms. The molecule has 0 fully saturated rings. The van der Waals surface area contributed by atoms with Crippen LogP contribution in [0.1, 0.15) is 21.7 Å². The molecule has 0 radical (unpaired) electrons. The zero-order valence-electron chi connectivity index (χ0n) is 6.04. The second-order valence-corrected chi connectivity index (χ2v) is 3.85. The molecule has 0 aromatic carbocycles. The predicted octanol–water partition coefficient (Wildman–Crippen LogP) is 1.20. The first-order valence-electron chi connectivity index (χ1n) is 3.62. The third kappa shape index (κ3) is 1.10. The average Bonchev–Trinajstić information content (AvgIpc) is 2.34. The zero-order chi connectivity index (χ0) is 7.84. The number of Topliss-reactive ketones (excluding diaryl/α,β-unsaturated/α-hetero) is 1. The number of ketones is 1. The summed E-state index contributed by atoms with van der Waals surface area (Å²) in [4.78, 5) is 12.4. The van der Waals surface area contributed by atoms with Crippen molar-refractivity contribution >= 4 is 17.1 Å². The van der Waals surface area contributed by atoms with Gasteiger partial charge in [-0.25, -0.2) is 0 Å². The van der Waals surface area contributed by atoms with Gasteiger partial charge in [-0.2, -0.15) is 0 Å². The maximum absolute atomic E-state index is 11.3. The molecule has 1 aliphatic rings. The van der Waals surface area contributed by atoms with Crippen molar-refractivity contribution in [1.29, 1.82) is 0 Å². The maximum Gasteiger partial charge on any atom is 0.165 e. The molecule has 2 N–H and O–H groups in total. The van der Waals surface area contributed by atoms with Gasteiger partial charge in [0.2, 0.25) is 0 Å². The Morgan fingerprint density at radius 2 is 2.36 bits per heavy atom. The van der Waals surface area contributed by atoms with Crippen LogP contribution in [0.4, 0.5) is 0 Å². The van der Waals surface area contributed by atoms with Crippen molar-refractivity contribution in [3.63, 3.8) is 0 Å². The van der Waals surface area contributed by atoms with E-state index in [-0.39, 0.29) is 11.8 Å². The second kappa shape index (κ2) is 2.43. The molecule has 58 valence electrons. The minimum atomic E-state index is 0.0497. The fourth-order valence-electron chi connectivity index (χ4n) is 1.41. The molecule has 1 heterocycles. The molecule has 0 saturated carbocycles. The van der Waals surface area contributed by atoms with Crippen molar-refractivity contribution < 1.29 is 4.79 Å². The zero-order valence-corrected chi connectivity index (χ0v) is 6.86. The van der Waals surface area contributed by atoms with E-state index in [1.807, 2.05) is 11.4 Å². The molecule has 1 atom stereocenters. The van der Waals surface area contributed by atoms with Gasteiger partial charge in [0, 0.05) is 22.9 Å². The monoisotopic (exact) mass is 167 g/mol. The molecule has 2 nitrogen and oxygen atoms in total. The van der Waals surface area contributed by atoms with E-state index in [2.05, 4.69) is 0 Å². The molecule has 0 bridgehead atoms. The van der Waals surface area contributed by atoms with Crippen LogP contribution in [-0.2, 0) is 6.42 Å². The molecule has 1 aliphatic carbocycles. The molecule has 3 heteroatoms. The predicted molar refractivity (Wildman–Crippen MR) is 44.9 cm³/mol. The largest absolute Gasteiger partial charge is 0.327 e. The first-order valence-corrected chi connectivity index (χ1v) is 4.50. The van der Waals surface area contributed by atoms with Gasteiger partial charge in [0.05, 0.1) is 0 Å². The van der Waals surface area contributed by atoms with Crippen LogP contribution in [0, 0.1) is 0 Å². The number of carbonyl (C=O) groups is 1. The fraction of sp³-hybridized carbons (Fsp3) is 0.375. The summed E-state index contributed by atoms with van der Waals surface area (Å²) in [6, 6.07) is 1.95. The minimum Gasteiger partial charge on any atom is -0.327 e. The van der Waals surface area contributed by atoms with Crippen LogP contribution in [0.25, 0.3) is 0 Å². The summed E-state index contributed by atoms with van der Waals surface area (Å²) in [5, 5.41) is 1.96. The Balaban J connectivity index is 2.44. The summed E-state index contributed by atoms with van der Waals surface area (Å²) >= 11 is 1.63.